The van der Waals surface area contributed by atoms with Crippen LogP contribution in [0.1, 0.15) is 34.3 Å². The van der Waals surface area contributed by atoms with Crippen LogP contribution >= 0.6 is 11.8 Å². The predicted molar refractivity (Wildman–Crippen MR) is 112 cm³/mol. The van der Waals surface area contributed by atoms with Gasteiger partial charge in [0.25, 0.3) is 11.1 Å². The van der Waals surface area contributed by atoms with E-state index in [0.717, 1.165) is 27.8 Å². The van der Waals surface area contributed by atoms with E-state index < -0.39 is 0 Å². The SMILES string of the molecule is Cc1ccc(C)c(OCc2nnc(SC(C)C(=O)c3c[nH]c4ccccc34)o2)c1. The van der Waals surface area contributed by atoms with Crippen molar-refractivity contribution in [3.63, 3.8) is 0 Å². The minimum absolute atomic E-state index is 0.0128. The summed E-state index contributed by atoms with van der Waals surface area (Å²) in [6, 6.07) is 13.8. The lowest BCUT2D eigenvalue weighted by Gasteiger charge is -2.08. The molecule has 2 heterocycles. The first-order valence-corrected chi connectivity index (χ1v) is 10.2. The second kappa shape index (κ2) is 8.13. The number of benzene rings is 2. The van der Waals surface area contributed by atoms with E-state index in [-0.39, 0.29) is 17.6 Å². The largest absolute Gasteiger partial charge is 0.484 e. The van der Waals surface area contributed by atoms with Gasteiger partial charge in [0.1, 0.15) is 5.75 Å². The molecule has 1 atom stereocenters. The molecule has 7 heteroatoms. The van der Waals surface area contributed by atoms with Crippen LogP contribution in [0.2, 0.25) is 0 Å². The molecular formula is C22H21N3O3S. The molecule has 0 aliphatic rings. The lowest BCUT2D eigenvalue weighted by atomic mass is 10.1. The van der Waals surface area contributed by atoms with Gasteiger partial charge in [0.05, 0.1) is 5.25 Å². The number of carbonyl (C=O) groups is 1. The Balaban J connectivity index is 1.40. The van der Waals surface area contributed by atoms with Gasteiger partial charge in [-0.15, -0.1) is 10.2 Å². The lowest BCUT2D eigenvalue weighted by molar-refractivity contribution is 0.0995. The first-order valence-electron chi connectivity index (χ1n) is 9.30. The molecule has 0 spiro atoms. The van der Waals surface area contributed by atoms with Gasteiger partial charge < -0.3 is 14.1 Å². The Kier molecular flexibility index (Phi) is 5.40. The highest BCUT2D eigenvalue weighted by Gasteiger charge is 2.22. The number of H-pyrrole nitrogens is 1. The number of carbonyl (C=O) groups excluding carboxylic acids is 1. The van der Waals surface area contributed by atoms with Gasteiger partial charge in [0.15, 0.2) is 12.4 Å². The van der Waals surface area contributed by atoms with E-state index in [1.165, 1.54) is 11.8 Å². The standard InChI is InChI=1S/C22H21N3O3S/c1-13-8-9-14(2)19(10-13)27-12-20-24-25-22(28-20)29-15(3)21(26)17-11-23-18-7-5-4-6-16(17)18/h4-11,15,23H,12H2,1-3H3. The summed E-state index contributed by atoms with van der Waals surface area (Å²) in [5.74, 6) is 1.18. The summed E-state index contributed by atoms with van der Waals surface area (Å²) < 4.78 is 11.5. The van der Waals surface area contributed by atoms with Crippen LogP contribution in [0.4, 0.5) is 0 Å². The third-order valence-electron chi connectivity index (χ3n) is 4.64. The summed E-state index contributed by atoms with van der Waals surface area (Å²) >= 11 is 1.25. The number of aryl methyl sites for hydroxylation is 2. The summed E-state index contributed by atoms with van der Waals surface area (Å²) in [4.78, 5) is 16.0. The Labute approximate surface area is 172 Å². The van der Waals surface area contributed by atoms with Crippen LogP contribution in [0.25, 0.3) is 10.9 Å². The molecule has 0 aliphatic carbocycles. The molecule has 0 amide bonds. The Morgan fingerprint density at radius 3 is 2.90 bits per heavy atom. The molecule has 0 fully saturated rings. The minimum atomic E-state index is -0.359. The third kappa shape index (κ3) is 4.19. The van der Waals surface area contributed by atoms with E-state index in [2.05, 4.69) is 15.2 Å². The Morgan fingerprint density at radius 1 is 1.21 bits per heavy atom. The maximum absolute atomic E-state index is 12.9. The smallest absolute Gasteiger partial charge is 0.277 e. The quantitative estimate of drug-likeness (QED) is 0.339. The van der Waals surface area contributed by atoms with Crippen LogP contribution in [-0.4, -0.2) is 26.2 Å². The molecule has 29 heavy (non-hydrogen) atoms. The van der Waals surface area contributed by atoms with Crippen LogP contribution in [0.3, 0.4) is 0 Å². The van der Waals surface area contributed by atoms with Crippen molar-refractivity contribution in [2.75, 3.05) is 0 Å². The molecule has 1 N–H and O–H groups in total. The van der Waals surface area contributed by atoms with Crippen LogP contribution in [0.15, 0.2) is 58.3 Å². The van der Waals surface area contributed by atoms with Gasteiger partial charge in [-0.3, -0.25) is 4.79 Å². The number of hydrogen-bond acceptors (Lipinski definition) is 6. The molecule has 1 unspecified atom stereocenters. The summed E-state index contributed by atoms with van der Waals surface area (Å²) in [7, 11) is 0. The zero-order valence-electron chi connectivity index (χ0n) is 16.4. The molecule has 6 nitrogen and oxygen atoms in total. The number of nitrogens with zero attached hydrogens (tertiary/aromatic N) is 2. The summed E-state index contributed by atoms with van der Waals surface area (Å²) in [5, 5.41) is 8.98. The fourth-order valence-electron chi connectivity index (χ4n) is 3.05. The highest BCUT2D eigenvalue weighted by atomic mass is 32.2. The van der Waals surface area contributed by atoms with Gasteiger partial charge in [-0.05, 0) is 44.0 Å². The molecular weight excluding hydrogens is 386 g/mol. The molecule has 148 valence electrons. The highest BCUT2D eigenvalue weighted by Crippen LogP contribution is 2.28. The number of hydrogen-bond donors (Lipinski definition) is 1. The number of ketones is 1. The predicted octanol–water partition coefficient (Wildman–Crippen LogP) is 5.11. The minimum Gasteiger partial charge on any atom is -0.484 e. The monoisotopic (exact) mass is 407 g/mol. The van der Waals surface area contributed by atoms with Crippen LogP contribution in [-0.2, 0) is 6.61 Å². The summed E-state index contributed by atoms with van der Waals surface area (Å²) in [5.41, 5.74) is 3.77. The first-order chi connectivity index (χ1) is 14.0. The second-order valence-corrected chi connectivity index (χ2v) is 8.18. The van der Waals surface area contributed by atoms with E-state index in [1.54, 1.807) is 6.20 Å². The summed E-state index contributed by atoms with van der Waals surface area (Å²) in [6.07, 6.45) is 1.75. The Bertz CT molecular complexity index is 1170. The Morgan fingerprint density at radius 2 is 2.03 bits per heavy atom. The van der Waals surface area contributed by atoms with Gasteiger partial charge in [-0.2, -0.15) is 0 Å². The molecule has 2 aromatic heterocycles. The van der Waals surface area contributed by atoms with E-state index in [9.17, 15) is 4.79 Å². The third-order valence-corrected chi connectivity index (χ3v) is 5.58. The van der Waals surface area contributed by atoms with Crippen LogP contribution < -0.4 is 4.74 Å². The zero-order valence-corrected chi connectivity index (χ0v) is 17.2. The van der Waals surface area contributed by atoms with Crippen molar-refractivity contribution in [1.82, 2.24) is 15.2 Å². The number of rotatable bonds is 7. The van der Waals surface area contributed by atoms with Gasteiger partial charge in [-0.25, -0.2) is 0 Å². The van der Waals surface area contributed by atoms with Gasteiger partial charge >= 0.3 is 0 Å². The molecule has 0 aliphatic heterocycles. The number of ether oxygens (including phenoxy) is 1. The topological polar surface area (TPSA) is 81.0 Å². The van der Waals surface area contributed by atoms with Crippen molar-refractivity contribution in [3.8, 4) is 5.75 Å². The van der Waals surface area contributed by atoms with E-state index in [1.807, 2.05) is 63.2 Å². The van der Waals surface area contributed by atoms with E-state index in [0.29, 0.717) is 16.7 Å². The average molecular weight is 407 g/mol. The number of fused-ring (bicyclic) bond motifs is 1. The molecule has 4 aromatic rings. The van der Waals surface area contributed by atoms with Crippen LogP contribution in [0.5, 0.6) is 5.75 Å². The van der Waals surface area contributed by atoms with E-state index in [4.69, 9.17) is 9.15 Å². The van der Waals surface area contributed by atoms with Crippen molar-refractivity contribution >= 4 is 28.4 Å². The number of thioether (sulfide) groups is 1. The molecule has 2 aromatic carbocycles. The molecule has 0 radical (unpaired) electrons. The molecule has 0 saturated heterocycles. The Hall–Kier alpha value is -3.06. The number of Topliss-reactive ketones (excluding diaryl/α,β-unsaturated/α-hetero) is 1. The van der Waals surface area contributed by atoms with Crippen molar-refractivity contribution < 1.29 is 13.9 Å². The molecule has 0 saturated carbocycles. The number of aromatic nitrogens is 3. The van der Waals surface area contributed by atoms with Crippen LogP contribution in [0, 0.1) is 13.8 Å². The number of aromatic amines is 1. The number of para-hydroxylation sites is 1. The molecule has 0 bridgehead atoms. The first kappa shape index (κ1) is 19.3. The normalized spacial score (nSPS) is 12.2. The lowest BCUT2D eigenvalue weighted by Crippen LogP contribution is -2.13. The van der Waals surface area contributed by atoms with Gasteiger partial charge in [-0.1, -0.05) is 42.1 Å². The molecule has 4 rings (SSSR count). The zero-order chi connectivity index (χ0) is 20.4. The highest BCUT2D eigenvalue weighted by molar-refractivity contribution is 8.00. The van der Waals surface area contributed by atoms with E-state index >= 15 is 0 Å². The maximum Gasteiger partial charge on any atom is 0.277 e. The van der Waals surface area contributed by atoms with Gasteiger partial charge in [0.2, 0.25) is 0 Å². The van der Waals surface area contributed by atoms with Crippen molar-refractivity contribution in [1.29, 1.82) is 0 Å². The second-order valence-electron chi connectivity index (χ2n) is 6.89. The summed E-state index contributed by atoms with van der Waals surface area (Å²) in [6.45, 7) is 6.02. The fourth-order valence-corrected chi connectivity index (χ4v) is 3.81. The van der Waals surface area contributed by atoms with Gasteiger partial charge in [0, 0.05) is 22.7 Å². The maximum atomic E-state index is 12.9. The number of nitrogens with one attached hydrogen (secondary N) is 1. The fraction of sp³-hybridized carbons (Fsp3) is 0.227. The van der Waals surface area contributed by atoms with Crippen molar-refractivity contribution in [2.24, 2.45) is 0 Å². The average Bonchev–Trinajstić information content (AvgIpc) is 3.35. The van der Waals surface area contributed by atoms with Crippen molar-refractivity contribution in [3.05, 3.63) is 71.2 Å². The van der Waals surface area contributed by atoms with Crippen molar-refractivity contribution in [2.45, 2.75) is 37.9 Å².